The van der Waals surface area contributed by atoms with Crippen LogP contribution in [0, 0.1) is 0 Å². The predicted octanol–water partition coefficient (Wildman–Crippen LogP) is 0.731. The molecule has 0 bridgehead atoms. The summed E-state index contributed by atoms with van der Waals surface area (Å²) in [5.74, 6) is -0.874. The molecule has 0 saturated carbocycles. The molecule has 4 nitrogen and oxygen atoms in total. The molecule has 1 aliphatic rings. The van der Waals surface area contributed by atoms with Gasteiger partial charge in [-0.2, -0.15) is 0 Å². The number of carbonyl (C=O) groups is 1. The molecule has 0 amide bonds. The molecular formula is C10H19ClN2O2. The fourth-order valence-corrected chi connectivity index (χ4v) is 1.89. The van der Waals surface area contributed by atoms with Gasteiger partial charge in [-0.3, -0.25) is 4.90 Å². The number of nitrogens with zero attached hydrogens (tertiary/aromatic N) is 1. The molecule has 1 rings (SSSR count). The van der Waals surface area contributed by atoms with Crippen molar-refractivity contribution in [1.82, 2.24) is 10.2 Å². The summed E-state index contributed by atoms with van der Waals surface area (Å²) in [6, 6.07) is 0.967. The highest BCUT2D eigenvalue weighted by Crippen LogP contribution is 2.03. The maximum atomic E-state index is 10.3. The second-order valence-corrected chi connectivity index (χ2v) is 3.93. The zero-order chi connectivity index (χ0) is 10.6. The van der Waals surface area contributed by atoms with E-state index < -0.39 is 5.97 Å². The van der Waals surface area contributed by atoms with Gasteiger partial charge in [0.15, 0.2) is 0 Å². The van der Waals surface area contributed by atoms with Crippen LogP contribution in [0.4, 0.5) is 0 Å². The van der Waals surface area contributed by atoms with E-state index in [1.165, 1.54) is 6.08 Å². The number of rotatable bonds is 3. The Hall–Kier alpha value is -0.580. The topological polar surface area (TPSA) is 52.6 Å². The maximum Gasteiger partial charge on any atom is 0.328 e. The van der Waals surface area contributed by atoms with Crippen LogP contribution in [-0.2, 0) is 4.79 Å². The van der Waals surface area contributed by atoms with E-state index in [9.17, 15) is 4.79 Å². The van der Waals surface area contributed by atoms with E-state index in [1.54, 1.807) is 6.08 Å². The van der Waals surface area contributed by atoms with Crippen LogP contribution in [0.25, 0.3) is 0 Å². The van der Waals surface area contributed by atoms with Gasteiger partial charge in [-0.15, -0.1) is 12.4 Å². The van der Waals surface area contributed by atoms with Gasteiger partial charge in [0.2, 0.25) is 0 Å². The lowest BCUT2D eigenvalue weighted by Crippen LogP contribution is -2.54. The van der Waals surface area contributed by atoms with E-state index in [0.29, 0.717) is 12.1 Å². The number of carboxylic acid groups (broad SMARTS) is 1. The second-order valence-electron chi connectivity index (χ2n) is 3.93. The minimum atomic E-state index is -0.874. The minimum Gasteiger partial charge on any atom is -0.478 e. The SMILES string of the molecule is CC1CN(C/C=C/C(=O)O)CC(C)N1.Cl. The van der Waals surface area contributed by atoms with Gasteiger partial charge in [0, 0.05) is 37.8 Å². The summed E-state index contributed by atoms with van der Waals surface area (Å²) in [5.41, 5.74) is 0. The van der Waals surface area contributed by atoms with E-state index in [1.807, 2.05) is 0 Å². The summed E-state index contributed by atoms with van der Waals surface area (Å²) < 4.78 is 0. The van der Waals surface area contributed by atoms with Crippen molar-refractivity contribution in [2.24, 2.45) is 0 Å². The van der Waals surface area contributed by atoms with Crippen molar-refractivity contribution < 1.29 is 9.90 Å². The average molecular weight is 235 g/mol. The Balaban J connectivity index is 0.00000196. The first-order valence-corrected chi connectivity index (χ1v) is 4.96. The lowest BCUT2D eigenvalue weighted by molar-refractivity contribution is -0.131. The van der Waals surface area contributed by atoms with Crippen LogP contribution in [0.5, 0.6) is 0 Å². The van der Waals surface area contributed by atoms with Crippen molar-refractivity contribution in [3.05, 3.63) is 12.2 Å². The van der Waals surface area contributed by atoms with Gasteiger partial charge >= 0.3 is 5.97 Å². The van der Waals surface area contributed by atoms with E-state index in [4.69, 9.17) is 5.11 Å². The molecule has 2 unspecified atom stereocenters. The molecule has 1 heterocycles. The van der Waals surface area contributed by atoms with Gasteiger partial charge in [-0.05, 0) is 13.8 Å². The Bertz CT molecular complexity index is 223. The summed E-state index contributed by atoms with van der Waals surface area (Å²) in [4.78, 5) is 12.5. The number of aliphatic carboxylic acids is 1. The molecular weight excluding hydrogens is 216 g/mol. The highest BCUT2D eigenvalue weighted by molar-refractivity contribution is 5.85. The van der Waals surface area contributed by atoms with Gasteiger partial charge in [0.05, 0.1) is 0 Å². The minimum absolute atomic E-state index is 0. The quantitative estimate of drug-likeness (QED) is 0.707. The molecule has 5 heteroatoms. The van der Waals surface area contributed by atoms with Crippen LogP contribution in [0.3, 0.4) is 0 Å². The predicted molar refractivity (Wildman–Crippen MR) is 62.5 cm³/mol. The molecule has 0 aromatic carbocycles. The zero-order valence-electron chi connectivity index (χ0n) is 9.14. The molecule has 2 N–H and O–H groups in total. The third-order valence-corrected chi connectivity index (χ3v) is 2.26. The Morgan fingerprint density at radius 2 is 2.00 bits per heavy atom. The van der Waals surface area contributed by atoms with E-state index in [-0.39, 0.29) is 12.4 Å². The first-order chi connectivity index (χ1) is 6.58. The molecule has 0 aromatic heterocycles. The Morgan fingerprint density at radius 1 is 1.47 bits per heavy atom. The summed E-state index contributed by atoms with van der Waals surface area (Å²) in [7, 11) is 0. The Labute approximate surface area is 96.7 Å². The smallest absolute Gasteiger partial charge is 0.328 e. The van der Waals surface area contributed by atoms with Crippen LogP contribution in [-0.4, -0.2) is 47.7 Å². The number of piperazine rings is 1. The Kier molecular flexibility index (Phi) is 6.56. The standard InChI is InChI=1S/C10H18N2O2.ClH/c1-8-6-12(7-9(2)11-8)5-3-4-10(13)14;/h3-4,8-9,11H,5-7H2,1-2H3,(H,13,14);1H/b4-3+;. The molecule has 2 atom stereocenters. The van der Waals surface area contributed by atoms with Crippen molar-refractivity contribution in [2.75, 3.05) is 19.6 Å². The van der Waals surface area contributed by atoms with Crippen molar-refractivity contribution in [3.63, 3.8) is 0 Å². The van der Waals surface area contributed by atoms with Crippen LogP contribution < -0.4 is 5.32 Å². The fourth-order valence-electron chi connectivity index (χ4n) is 1.89. The van der Waals surface area contributed by atoms with Gasteiger partial charge in [0.25, 0.3) is 0 Å². The van der Waals surface area contributed by atoms with Crippen LogP contribution in [0.15, 0.2) is 12.2 Å². The van der Waals surface area contributed by atoms with Crippen LogP contribution in [0.1, 0.15) is 13.8 Å². The molecule has 15 heavy (non-hydrogen) atoms. The highest BCUT2D eigenvalue weighted by atomic mass is 35.5. The monoisotopic (exact) mass is 234 g/mol. The number of carboxylic acids is 1. The van der Waals surface area contributed by atoms with Crippen molar-refractivity contribution in [1.29, 1.82) is 0 Å². The van der Waals surface area contributed by atoms with E-state index in [2.05, 4.69) is 24.1 Å². The summed E-state index contributed by atoms with van der Waals surface area (Å²) >= 11 is 0. The molecule has 0 radical (unpaired) electrons. The zero-order valence-corrected chi connectivity index (χ0v) is 9.96. The van der Waals surface area contributed by atoms with Gasteiger partial charge in [-0.25, -0.2) is 4.79 Å². The molecule has 0 aromatic rings. The summed E-state index contributed by atoms with van der Waals surface area (Å²) in [6.07, 6.45) is 2.91. The van der Waals surface area contributed by atoms with E-state index >= 15 is 0 Å². The average Bonchev–Trinajstić information content (AvgIpc) is 2.01. The molecule has 0 aliphatic carbocycles. The number of halogens is 1. The third-order valence-electron chi connectivity index (χ3n) is 2.26. The number of hydrogen-bond donors (Lipinski definition) is 2. The maximum absolute atomic E-state index is 10.3. The second kappa shape index (κ2) is 6.82. The number of nitrogens with one attached hydrogen (secondary N) is 1. The molecule has 1 fully saturated rings. The molecule has 88 valence electrons. The van der Waals surface area contributed by atoms with Crippen molar-refractivity contribution in [2.45, 2.75) is 25.9 Å². The van der Waals surface area contributed by atoms with Gasteiger partial charge < -0.3 is 10.4 Å². The fraction of sp³-hybridized carbons (Fsp3) is 0.700. The molecule has 0 spiro atoms. The van der Waals surface area contributed by atoms with Crippen molar-refractivity contribution >= 4 is 18.4 Å². The molecule has 1 saturated heterocycles. The largest absolute Gasteiger partial charge is 0.478 e. The van der Waals surface area contributed by atoms with Gasteiger partial charge in [-0.1, -0.05) is 6.08 Å². The highest BCUT2D eigenvalue weighted by Gasteiger charge is 2.19. The van der Waals surface area contributed by atoms with Crippen LogP contribution >= 0.6 is 12.4 Å². The third kappa shape index (κ3) is 5.77. The summed E-state index contributed by atoms with van der Waals surface area (Å²) in [5, 5.41) is 11.9. The lowest BCUT2D eigenvalue weighted by Gasteiger charge is -2.35. The Morgan fingerprint density at radius 3 is 2.47 bits per heavy atom. The summed E-state index contributed by atoms with van der Waals surface area (Å²) in [6.45, 7) is 6.97. The number of hydrogen-bond acceptors (Lipinski definition) is 3. The normalized spacial score (nSPS) is 27.6. The first-order valence-electron chi connectivity index (χ1n) is 4.96. The van der Waals surface area contributed by atoms with Crippen LogP contribution in [0.2, 0.25) is 0 Å². The molecule has 1 aliphatic heterocycles. The van der Waals surface area contributed by atoms with Crippen molar-refractivity contribution in [3.8, 4) is 0 Å². The van der Waals surface area contributed by atoms with Gasteiger partial charge in [0.1, 0.15) is 0 Å². The van der Waals surface area contributed by atoms with E-state index in [0.717, 1.165) is 19.6 Å². The first kappa shape index (κ1) is 14.4. The lowest BCUT2D eigenvalue weighted by atomic mass is 10.1.